The van der Waals surface area contributed by atoms with Crippen molar-refractivity contribution >= 4 is 0 Å². The highest BCUT2D eigenvalue weighted by Crippen LogP contribution is 2.39. The summed E-state index contributed by atoms with van der Waals surface area (Å²) in [7, 11) is 0. The Labute approximate surface area is 117 Å². The molecule has 0 aromatic heterocycles. The maximum absolute atomic E-state index is 5.51. The van der Waals surface area contributed by atoms with Crippen LogP contribution in [0, 0.1) is 5.92 Å². The van der Waals surface area contributed by atoms with Gasteiger partial charge >= 0.3 is 0 Å². The van der Waals surface area contributed by atoms with E-state index in [-0.39, 0.29) is 0 Å². The molecule has 1 aliphatic rings. The zero-order chi connectivity index (χ0) is 13.7. The van der Waals surface area contributed by atoms with Crippen LogP contribution in [-0.4, -0.2) is 19.2 Å². The first-order chi connectivity index (χ1) is 9.26. The van der Waals surface area contributed by atoms with Gasteiger partial charge < -0.3 is 10.1 Å². The van der Waals surface area contributed by atoms with E-state index >= 15 is 0 Å². The van der Waals surface area contributed by atoms with Gasteiger partial charge in [-0.15, -0.1) is 0 Å². The first-order valence-electron chi connectivity index (χ1n) is 7.72. The highest BCUT2D eigenvalue weighted by Gasteiger charge is 2.32. The van der Waals surface area contributed by atoms with Gasteiger partial charge in [0.2, 0.25) is 0 Å². The average molecular weight is 261 g/mol. The van der Waals surface area contributed by atoms with Crippen molar-refractivity contribution in [3.05, 3.63) is 29.8 Å². The number of rotatable bonds is 6. The standard InChI is InChI=1S/C17H27NO/c1-4-12-18-17-11-10-16(13(17)3)14-6-8-15(9-7-14)19-5-2/h6-9,13,16-18H,4-5,10-12H2,1-3H3. The average Bonchev–Trinajstić information content (AvgIpc) is 2.79. The highest BCUT2D eigenvalue weighted by atomic mass is 16.5. The zero-order valence-electron chi connectivity index (χ0n) is 12.5. The lowest BCUT2D eigenvalue weighted by molar-refractivity contribution is 0.340. The van der Waals surface area contributed by atoms with Crippen LogP contribution in [0.25, 0.3) is 0 Å². The van der Waals surface area contributed by atoms with Crippen LogP contribution in [0.5, 0.6) is 5.75 Å². The molecule has 1 aromatic carbocycles. The lowest BCUT2D eigenvalue weighted by atomic mass is 9.89. The Hall–Kier alpha value is -1.02. The first kappa shape index (κ1) is 14.4. The van der Waals surface area contributed by atoms with E-state index in [0.29, 0.717) is 12.0 Å². The fourth-order valence-corrected chi connectivity index (χ4v) is 3.23. The molecular weight excluding hydrogens is 234 g/mol. The molecule has 0 radical (unpaired) electrons. The topological polar surface area (TPSA) is 21.3 Å². The fraction of sp³-hybridized carbons (Fsp3) is 0.647. The van der Waals surface area contributed by atoms with Gasteiger partial charge in [0.05, 0.1) is 6.61 Å². The minimum Gasteiger partial charge on any atom is -0.494 e. The van der Waals surface area contributed by atoms with Crippen molar-refractivity contribution in [2.75, 3.05) is 13.2 Å². The Morgan fingerprint density at radius 1 is 1.16 bits per heavy atom. The van der Waals surface area contributed by atoms with Crippen LogP contribution in [0.15, 0.2) is 24.3 Å². The van der Waals surface area contributed by atoms with E-state index in [1.807, 2.05) is 6.92 Å². The summed E-state index contributed by atoms with van der Waals surface area (Å²) < 4.78 is 5.51. The molecule has 3 unspecified atom stereocenters. The summed E-state index contributed by atoms with van der Waals surface area (Å²) in [5.74, 6) is 2.41. The van der Waals surface area contributed by atoms with Crippen LogP contribution >= 0.6 is 0 Å². The maximum Gasteiger partial charge on any atom is 0.119 e. The fourth-order valence-electron chi connectivity index (χ4n) is 3.23. The molecule has 0 bridgehead atoms. The van der Waals surface area contributed by atoms with Crippen molar-refractivity contribution in [3.63, 3.8) is 0 Å². The molecule has 2 heteroatoms. The first-order valence-corrected chi connectivity index (χ1v) is 7.72. The molecule has 106 valence electrons. The van der Waals surface area contributed by atoms with Crippen LogP contribution in [0.2, 0.25) is 0 Å². The number of hydrogen-bond acceptors (Lipinski definition) is 2. The third-order valence-electron chi connectivity index (χ3n) is 4.33. The molecule has 1 N–H and O–H groups in total. The van der Waals surface area contributed by atoms with E-state index in [9.17, 15) is 0 Å². The minimum atomic E-state index is 0.691. The number of hydrogen-bond donors (Lipinski definition) is 1. The van der Waals surface area contributed by atoms with Gasteiger partial charge in [-0.3, -0.25) is 0 Å². The van der Waals surface area contributed by atoms with Crippen molar-refractivity contribution in [3.8, 4) is 5.75 Å². The molecule has 2 nitrogen and oxygen atoms in total. The Bertz CT molecular complexity index is 373. The molecule has 0 amide bonds. The quantitative estimate of drug-likeness (QED) is 0.836. The normalized spacial score (nSPS) is 26.6. The largest absolute Gasteiger partial charge is 0.494 e. The number of nitrogens with one attached hydrogen (secondary N) is 1. The third kappa shape index (κ3) is 3.50. The van der Waals surface area contributed by atoms with E-state index in [1.165, 1.54) is 24.8 Å². The van der Waals surface area contributed by atoms with E-state index in [2.05, 4.69) is 43.4 Å². The Morgan fingerprint density at radius 2 is 1.89 bits per heavy atom. The van der Waals surface area contributed by atoms with Gasteiger partial charge in [-0.2, -0.15) is 0 Å². The molecule has 1 fully saturated rings. The SMILES string of the molecule is CCCNC1CCC(c2ccc(OCC)cc2)C1C. The molecule has 0 saturated heterocycles. The highest BCUT2D eigenvalue weighted by molar-refractivity contribution is 5.30. The molecule has 0 spiro atoms. The van der Waals surface area contributed by atoms with Gasteiger partial charge in [0.25, 0.3) is 0 Å². The number of ether oxygens (including phenoxy) is 1. The summed E-state index contributed by atoms with van der Waals surface area (Å²) in [6, 6.07) is 9.40. The van der Waals surface area contributed by atoms with Crippen LogP contribution in [-0.2, 0) is 0 Å². The van der Waals surface area contributed by atoms with Gasteiger partial charge in [0.1, 0.15) is 5.75 Å². The molecule has 0 aliphatic heterocycles. The second-order valence-electron chi connectivity index (χ2n) is 5.61. The lowest BCUT2D eigenvalue weighted by Gasteiger charge is -2.22. The van der Waals surface area contributed by atoms with Crippen LogP contribution in [0.1, 0.15) is 51.5 Å². The van der Waals surface area contributed by atoms with Gasteiger partial charge in [0.15, 0.2) is 0 Å². The van der Waals surface area contributed by atoms with Gasteiger partial charge in [-0.25, -0.2) is 0 Å². The molecule has 1 aliphatic carbocycles. The molecule has 19 heavy (non-hydrogen) atoms. The van der Waals surface area contributed by atoms with Crippen LogP contribution in [0.3, 0.4) is 0 Å². The van der Waals surface area contributed by atoms with Crippen LogP contribution in [0.4, 0.5) is 0 Å². The maximum atomic E-state index is 5.51. The summed E-state index contributed by atoms with van der Waals surface area (Å²) in [4.78, 5) is 0. The molecule has 1 aromatic rings. The molecule has 1 saturated carbocycles. The second-order valence-corrected chi connectivity index (χ2v) is 5.61. The number of benzene rings is 1. The smallest absolute Gasteiger partial charge is 0.119 e. The molecule has 3 atom stereocenters. The summed E-state index contributed by atoms with van der Waals surface area (Å²) in [5.41, 5.74) is 1.47. The molecule has 2 rings (SSSR count). The minimum absolute atomic E-state index is 0.691. The third-order valence-corrected chi connectivity index (χ3v) is 4.33. The van der Waals surface area contributed by atoms with E-state index in [4.69, 9.17) is 4.74 Å². The van der Waals surface area contributed by atoms with E-state index in [0.717, 1.165) is 24.8 Å². The van der Waals surface area contributed by atoms with Crippen molar-refractivity contribution in [2.24, 2.45) is 5.92 Å². The monoisotopic (exact) mass is 261 g/mol. The van der Waals surface area contributed by atoms with Crippen molar-refractivity contribution < 1.29 is 4.74 Å². The Balaban J connectivity index is 1.98. The summed E-state index contributed by atoms with van der Waals surface area (Å²) in [6.07, 6.45) is 3.83. The Kier molecular flexibility index (Phi) is 5.26. The molecular formula is C17H27NO. The zero-order valence-corrected chi connectivity index (χ0v) is 12.5. The van der Waals surface area contributed by atoms with E-state index in [1.54, 1.807) is 0 Å². The summed E-state index contributed by atoms with van der Waals surface area (Å²) >= 11 is 0. The van der Waals surface area contributed by atoms with Crippen molar-refractivity contribution in [1.82, 2.24) is 5.32 Å². The predicted octanol–water partition coefficient (Wildman–Crippen LogP) is 3.97. The lowest BCUT2D eigenvalue weighted by Crippen LogP contribution is -2.32. The predicted molar refractivity (Wildman–Crippen MR) is 80.8 cm³/mol. The van der Waals surface area contributed by atoms with E-state index < -0.39 is 0 Å². The second kappa shape index (κ2) is 6.95. The summed E-state index contributed by atoms with van der Waals surface area (Å²) in [5, 5.41) is 3.69. The van der Waals surface area contributed by atoms with Gasteiger partial charge in [-0.1, -0.05) is 26.0 Å². The van der Waals surface area contributed by atoms with Crippen molar-refractivity contribution in [1.29, 1.82) is 0 Å². The van der Waals surface area contributed by atoms with Crippen LogP contribution < -0.4 is 10.1 Å². The Morgan fingerprint density at radius 3 is 2.53 bits per heavy atom. The van der Waals surface area contributed by atoms with Crippen molar-refractivity contribution in [2.45, 2.75) is 52.0 Å². The van der Waals surface area contributed by atoms with Gasteiger partial charge in [0, 0.05) is 6.04 Å². The van der Waals surface area contributed by atoms with Gasteiger partial charge in [-0.05, 0) is 62.3 Å². The summed E-state index contributed by atoms with van der Waals surface area (Å²) in [6.45, 7) is 8.53. The molecule has 0 heterocycles.